The predicted octanol–water partition coefficient (Wildman–Crippen LogP) is 2.91. The van der Waals surface area contributed by atoms with E-state index in [-0.39, 0.29) is 47.6 Å². The fraction of sp³-hybridized carbons (Fsp3) is 0.880. The average molecular weight is 451 g/mol. The Morgan fingerprint density at radius 3 is 2.28 bits per heavy atom. The predicted molar refractivity (Wildman–Crippen MR) is 115 cm³/mol. The highest BCUT2D eigenvalue weighted by Crippen LogP contribution is 2.72. The number of ether oxygens (including phenoxy) is 3. The van der Waals surface area contributed by atoms with Crippen LogP contribution in [0.4, 0.5) is 0 Å². The van der Waals surface area contributed by atoms with Gasteiger partial charge in [0.05, 0.1) is 18.1 Å². The smallest absolute Gasteiger partial charge is 0.302 e. The third-order valence-electron chi connectivity index (χ3n) is 9.65. The molecule has 4 saturated carbocycles. The molecule has 180 valence electrons. The van der Waals surface area contributed by atoms with Gasteiger partial charge in [-0.1, -0.05) is 20.8 Å². The lowest BCUT2D eigenvalue weighted by atomic mass is 9.39. The highest BCUT2D eigenvalue weighted by atomic mass is 16.6. The molecule has 7 heteroatoms. The van der Waals surface area contributed by atoms with Crippen LogP contribution in [0.15, 0.2) is 0 Å². The molecule has 0 saturated heterocycles. The maximum Gasteiger partial charge on any atom is 0.302 e. The number of fused-ring (bicyclic) bond motifs is 3. The number of aliphatic hydroxyl groups excluding tert-OH is 1. The van der Waals surface area contributed by atoms with Crippen LogP contribution >= 0.6 is 0 Å². The molecule has 0 unspecified atom stereocenters. The number of hydrogen-bond donors (Lipinski definition) is 1. The van der Waals surface area contributed by atoms with Gasteiger partial charge in [-0.3, -0.25) is 14.4 Å². The third-order valence-corrected chi connectivity index (χ3v) is 9.65. The molecule has 32 heavy (non-hydrogen) atoms. The Morgan fingerprint density at radius 2 is 1.69 bits per heavy atom. The van der Waals surface area contributed by atoms with Gasteiger partial charge in [-0.15, -0.1) is 0 Å². The van der Waals surface area contributed by atoms with Gasteiger partial charge in [0.25, 0.3) is 0 Å². The van der Waals surface area contributed by atoms with Crippen molar-refractivity contribution in [2.75, 3.05) is 13.7 Å². The number of aliphatic hydroxyl groups is 1. The van der Waals surface area contributed by atoms with E-state index in [1.807, 2.05) is 0 Å². The molecule has 4 rings (SSSR count). The molecule has 1 N–H and O–H groups in total. The van der Waals surface area contributed by atoms with Gasteiger partial charge >= 0.3 is 11.9 Å². The van der Waals surface area contributed by atoms with Crippen molar-refractivity contribution in [2.45, 2.75) is 85.0 Å². The van der Waals surface area contributed by atoms with Crippen molar-refractivity contribution in [1.82, 2.24) is 0 Å². The molecule has 0 aliphatic heterocycles. The Morgan fingerprint density at radius 1 is 1.03 bits per heavy atom. The summed E-state index contributed by atoms with van der Waals surface area (Å²) in [5, 5.41) is 11.7. The summed E-state index contributed by atoms with van der Waals surface area (Å²) in [6.07, 6.45) is 1.54. The topological polar surface area (TPSA) is 99.1 Å². The first-order valence-corrected chi connectivity index (χ1v) is 12.0. The fourth-order valence-corrected chi connectivity index (χ4v) is 8.60. The van der Waals surface area contributed by atoms with Crippen molar-refractivity contribution in [3.05, 3.63) is 0 Å². The molecule has 4 aliphatic carbocycles. The molecule has 4 aliphatic rings. The van der Waals surface area contributed by atoms with Crippen LogP contribution in [0.3, 0.4) is 0 Å². The number of methoxy groups -OCH3 is 1. The van der Waals surface area contributed by atoms with Gasteiger partial charge < -0.3 is 19.3 Å². The van der Waals surface area contributed by atoms with E-state index in [9.17, 15) is 19.5 Å². The second-order valence-electron chi connectivity index (χ2n) is 11.5. The SMILES string of the molecule is COC[C@H]1C(=O)[C@@]23[C@H](O)C[C@@H]4C(C)(C)CC[C@@H](OC(C)=O)[C@@]4(C)[C@@H]2CC[C@@H]1[C@H]3OC(C)=O. The van der Waals surface area contributed by atoms with Crippen LogP contribution in [0.25, 0.3) is 0 Å². The minimum Gasteiger partial charge on any atom is -0.462 e. The maximum absolute atomic E-state index is 14.1. The largest absolute Gasteiger partial charge is 0.462 e. The first kappa shape index (κ1) is 23.7. The summed E-state index contributed by atoms with van der Waals surface area (Å²) in [6, 6.07) is 0. The van der Waals surface area contributed by atoms with E-state index < -0.39 is 34.9 Å². The molecule has 0 aromatic heterocycles. The van der Waals surface area contributed by atoms with Crippen molar-refractivity contribution >= 4 is 17.7 Å². The molecular weight excluding hydrogens is 412 g/mol. The number of carbonyl (C=O) groups is 3. The summed E-state index contributed by atoms with van der Waals surface area (Å²) < 4.78 is 17.2. The molecule has 9 atom stereocenters. The summed E-state index contributed by atoms with van der Waals surface area (Å²) in [5.41, 5.74) is -1.77. The number of carbonyl (C=O) groups excluding carboxylic acids is 3. The minimum absolute atomic E-state index is 0.0461. The average Bonchev–Trinajstić information content (AvgIpc) is 2.81. The zero-order valence-electron chi connectivity index (χ0n) is 20.2. The van der Waals surface area contributed by atoms with E-state index in [0.29, 0.717) is 12.8 Å². The van der Waals surface area contributed by atoms with Gasteiger partial charge in [-0.05, 0) is 49.4 Å². The summed E-state index contributed by atoms with van der Waals surface area (Å²) in [5.74, 6) is -1.56. The lowest BCUT2D eigenvalue weighted by Crippen LogP contribution is -2.70. The second kappa shape index (κ2) is 7.79. The van der Waals surface area contributed by atoms with Crippen LogP contribution in [0.2, 0.25) is 0 Å². The van der Waals surface area contributed by atoms with Gasteiger partial charge in [0, 0.05) is 38.2 Å². The first-order chi connectivity index (χ1) is 14.9. The Kier molecular flexibility index (Phi) is 5.77. The summed E-state index contributed by atoms with van der Waals surface area (Å²) in [4.78, 5) is 38.3. The number of hydrogen-bond acceptors (Lipinski definition) is 7. The Bertz CT molecular complexity index is 806. The molecule has 1 spiro atoms. The molecule has 0 radical (unpaired) electrons. The summed E-state index contributed by atoms with van der Waals surface area (Å²) in [6.45, 7) is 9.61. The van der Waals surface area contributed by atoms with Crippen molar-refractivity contribution in [3.63, 3.8) is 0 Å². The highest BCUT2D eigenvalue weighted by molar-refractivity contribution is 5.93. The molecule has 0 aromatic rings. The third kappa shape index (κ3) is 3.03. The van der Waals surface area contributed by atoms with Crippen LogP contribution in [0, 0.1) is 39.9 Å². The number of rotatable bonds is 4. The lowest BCUT2D eigenvalue weighted by Gasteiger charge is -2.66. The highest BCUT2D eigenvalue weighted by Gasteiger charge is 2.77. The molecule has 0 heterocycles. The van der Waals surface area contributed by atoms with Crippen LogP contribution in [-0.4, -0.2) is 54.9 Å². The van der Waals surface area contributed by atoms with Crippen LogP contribution in [0.1, 0.15) is 66.7 Å². The van der Waals surface area contributed by atoms with Crippen molar-refractivity contribution in [1.29, 1.82) is 0 Å². The van der Waals surface area contributed by atoms with Crippen molar-refractivity contribution in [2.24, 2.45) is 39.9 Å². The first-order valence-electron chi connectivity index (χ1n) is 12.0. The maximum atomic E-state index is 14.1. The van der Waals surface area contributed by atoms with Crippen LogP contribution in [0.5, 0.6) is 0 Å². The van der Waals surface area contributed by atoms with E-state index in [2.05, 4.69) is 20.8 Å². The van der Waals surface area contributed by atoms with Crippen molar-refractivity contribution in [3.8, 4) is 0 Å². The molecular formula is C25H38O7. The van der Waals surface area contributed by atoms with Gasteiger partial charge in [0.15, 0.2) is 5.78 Å². The second-order valence-corrected chi connectivity index (χ2v) is 11.5. The molecule has 0 amide bonds. The number of ketones is 1. The molecule has 4 fully saturated rings. The van der Waals surface area contributed by atoms with Gasteiger partial charge in [-0.2, -0.15) is 0 Å². The molecule has 7 nitrogen and oxygen atoms in total. The van der Waals surface area contributed by atoms with Crippen molar-refractivity contribution < 1.29 is 33.7 Å². The molecule has 0 aromatic carbocycles. The standard InChI is InChI=1S/C25H38O7/c1-13(26)31-20-9-10-23(3,4)18-11-19(28)25-17(24(18,20)5)8-7-15(22(25)32-14(2)27)16(12-30-6)21(25)29/h15-20,22,28H,7-12H2,1-6H3/t15-,16+,17-,18+,19+,20+,22+,24-,25-/m0/s1. The molecule has 2 bridgehead atoms. The Hall–Kier alpha value is -1.47. The van der Waals surface area contributed by atoms with E-state index in [1.165, 1.54) is 13.8 Å². The van der Waals surface area contributed by atoms with E-state index in [4.69, 9.17) is 14.2 Å². The monoisotopic (exact) mass is 450 g/mol. The summed E-state index contributed by atoms with van der Waals surface area (Å²) in [7, 11) is 1.57. The van der Waals surface area contributed by atoms with Crippen LogP contribution < -0.4 is 0 Å². The van der Waals surface area contributed by atoms with E-state index in [1.54, 1.807) is 7.11 Å². The zero-order chi connectivity index (χ0) is 23.6. The zero-order valence-corrected chi connectivity index (χ0v) is 20.2. The normalized spacial score (nSPS) is 46.7. The Labute approximate surface area is 190 Å². The Balaban J connectivity index is 1.89. The van der Waals surface area contributed by atoms with Gasteiger partial charge in [-0.25, -0.2) is 0 Å². The van der Waals surface area contributed by atoms with E-state index in [0.717, 1.165) is 19.3 Å². The van der Waals surface area contributed by atoms with Gasteiger partial charge in [0.1, 0.15) is 12.2 Å². The number of esters is 2. The summed E-state index contributed by atoms with van der Waals surface area (Å²) >= 11 is 0. The van der Waals surface area contributed by atoms with Crippen LogP contribution in [-0.2, 0) is 28.6 Å². The minimum atomic E-state index is -1.19. The van der Waals surface area contributed by atoms with E-state index >= 15 is 0 Å². The number of Topliss-reactive ketones (excluding diaryl/α,β-unsaturated/α-hetero) is 1. The quantitative estimate of drug-likeness (QED) is 0.658. The lowest BCUT2D eigenvalue weighted by molar-refractivity contribution is -0.258. The van der Waals surface area contributed by atoms with Gasteiger partial charge in [0.2, 0.25) is 0 Å². The fourth-order valence-electron chi connectivity index (χ4n) is 8.60.